The minimum atomic E-state index is -4.82. The number of rotatable bonds is 5. The highest BCUT2D eigenvalue weighted by Crippen LogP contribution is 1.95. The van der Waals surface area contributed by atoms with Crippen molar-refractivity contribution in [3.05, 3.63) is 0 Å². The molecule has 8 nitrogen and oxygen atoms in total. The number of nitrogens with two attached hydrogens (primary N) is 1. The lowest BCUT2D eigenvalue weighted by atomic mass is 10.3. The van der Waals surface area contributed by atoms with E-state index in [4.69, 9.17) is 4.55 Å². The van der Waals surface area contributed by atoms with Crippen molar-refractivity contribution >= 4 is 22.3 Å². The van der Waals surface area contributed by atoms with Gasteiger partial charge in [0.25, 0.3) is 0 Å². The van der Waals surface area contributed by atoms with Crippen LogP contribution in [0.1, 0.15) is 12.8 Å². The zero-order valence-corrected chi connectivity index (χ0v) is 7.11. The van der Waals surface area contributed by atoms with Crippen LogP contribution in [0.4, 0.5) is 0 Å². The van der Waals surface area contributed by atoms with Crippen molar-refractivity contribution in [1.29, 1.82) is 0 Å². The van der Waals surface area contributed by atoms with E-state index >= 15 is 0 Å². The van der Waals surface area contributed by atoms with Crippen LogP contribution in [0.25, 0.3) is 0 Å². The summed E-state index contributed by atoms with van der Waals surface area (Å²) in [4.78, 5) is 24.1. The van der Waals surface area contributed by atoms with E-state index in [2.05, 4.69) is 15.0 Å². The van der Waals surface area contributed by atoms with Crippen LogP contribution in [0, 0.1) is 0 Å². The van der Waals surface area contributed by atoms with Crippen LogP contribution in [0.15, 0.2) is 0 Å². The molecule has 0 aromatic heterocycles. The van der Waals surface area contributed by atoms with Gasteiger partial charge in [0.2, 0.25) is 5.91 Å². The third-order valence-corrected chi connectivity index (χ3v) is 1.03. The second-order valence-electron chi connectivity index (χ2n) is 1.92. The molecule has 3 N–H and O–H groups in total. The summed E-state index contributed by atoms with van der Waals surface area (Å²) in [6, 6.07) is 0. The van der Waals surface area contributed by atoms with Gasteiger partial charge in [0.1, 0.15) is 0 Å². The van der Waals surface area contributed by atoms with Crippen LogP contribution >= 0.6 is 0 Å². The Morgan fingerprint density at radius 1 is 1.31 bits per heavy atom. The lowest BCUT2D eigenvalue weighted by molar-refractivity contribution is -0.214. The van der Waals surface area contributed by atoms with Gasteiger partial charge in [-0.3, -0.25) is 14.2 Å². The van der Waals surface area contributed by atoms with Gasteiger partial charge in [-0.15, -0.1) is 0 Å². The third-order valence-electron chi connectivity index (χ3n) is 0.788. The summed E-state index contributed by atoms with van der Waals surface area (Å²) in [7, 11) is -4.82. The summed E-state index contributed by atoms with van der Waals surface area (Å²) in [5.41, 5.74) is 4.67. The number of hydrogen-bond donors (Lipinski definition) is 2. The van der Waals surface area contributed by atoms with E-state index in [0.717, 1.165) is 0 Å². The van der Waals surface area contributed by atoms with Crippen molar-refractivity contribution < 1.29 is 31.8 Å². The minimum absolute atomic E-state index is 0.298. The summed E-state index contributed by atoms with van der Waals surface area (Å²) in [6.07, 6.45) is -0.724. The fourth-order valence-corrected chi connectivity index (χ4v) is 0.510. The molecule has 1 amide bonds. The second-order valence-corrected chi connectivity index (χ2v) is 2.91. The molecule has 13 heavy (non-hydrogen) atoms. The minimum Gasteiger partial charge on any atom is -0.370 e. The summed E-state index contributed by atoms with van der Waals surface area (Å²) in [5, 5.41) is 0. The van der Waals surface area contributed by atoms with E-state index in [1.165, 1.54) is 0 Å². The molecule has 0 heterocycles. The SMILES string of the molecule is NC(=O)CCC(=O)OOS(=O)(=O)O. The molecule has 0 saturated heterocycles. The van der Waals surface area contributed by atoms with Gasteiger partial charge >= 0.3 is 16.4 Å². The van der Waals surface area contributed by atoms with Crippen LogP contribution in [-0.4, -0.2) is 24.8 Å². The molecule has 0 rings (SSSR count). The van der Waals surface area contributed by atoms with Crippen molar-refractivity contribution in [2.75, 3.05) is 0 Å². The van der Waals surface area contributed by atoms with Gasteiger partial charge < -0.3 is 5.73 Å². The molecule has 9 heteroatoms. The van der Waals surface area contributed by atoms with E-state index < -0.39 is 28.7 Å². The average Bonchev–Trinajstić information content (AvgIpc) is 1.95. The first-order valence-electron chi connectivity index (χ1n) is 2.96. The van der Waals surface area contributed by atoms with Crippen molar-refractivity contribution in [3.63, 3.8) is 0 Å². The first-order chi connectivity index (χ1) is 5.81. The Bertz CT molecular complexity index is 294. The van der Waals surface area contributed by atoms with Crippen molar-refractivity contribution in [2.45, 2.75) is 12.8 Å². The molecule has 0 radical (unpaired) electrons. The fraction of sp³-hybridized carbons (Fsp3) is 0.500. The zero-order chi connectivity index (χ0) is 10.5. The van der Waals surface area contributed by atoms with Gasteiger partial charge in [-0.2, -0.15) is 8.42 Å². The molecule has 0 unspecified atom stereocenters. The zero-order valence-electron chi connectivity index (χ0n) is 6.30. The lowest BCUT2D eigenvalue weighted by Gasteiger charge is -1.97. The Morgan fingerprint density at radius 3 is 2.23 bits per heavy atom. The van der Waals surface area contributed by atoms with Crippen molar-refractivity contribution in [1.82, 2.24) is 0 Å². The molecule has 76 valence electrons. The Morgan fingerprint density at radius 2 is 1.85 bits per heavy atom. The molecule has 0 aliphatic carbocycles. The summed E-state index contributed by atoms with van der Waals surface area (Å²) < 4.78 is 30.9. The van der Waals surface area contributed by atoms with Gasteiger partial charge in [0.15, 0.2) is 0 Å². The Hall–Kier alpha value is -1.19. The number of carbonyl (C=O) groups is 2. The molecule has 0 aromatic rings. The van der Waals surface area contributed by atoms with Gasteiger partial charge in [0, 0.05) is 6.42 Å². The Kier molecular flexibility index (Phi) is 4.31. The molecular weight excluding hydrogens is 206 g/mol. The molecule has 0 atom stereocenters. The van der Waals surface area contributed by atoms with Crippen LogP contribution in [0.5, 0.6) is 0 Å². The molecule has 0 aromatic carbocycles. The number of hydrogen-bond acceptors (Lipinski definition) is 6. The molecule has 0 aliphatic heterocycles. The summed E-state index contributed by atoms with van der Waals surface area (Å²) in [6.45, 7) is 0. The van der Waals surface area contributed by atoms with E-state index in [0.29, 0.717) is 0 Å². The number of primary amides is 1. The topological polar surface area (TPSA) is 133 Å². The fourth-order valence-electron chi connectivity index (χ4n) is 0.348. The van der Waals surface area contributed by atoms with Gasteiger partial charge in [-0.05, 0) is 4.33 Å². The largest absolute Gasteiger partial charge is 0.432 e. The van der Waals surface area contributed by atoms with Crippen molar-refractivity contribution in [3.8, 4) is 0 Å². The standard InChI is InChI=1S/C4H7NO7S/c5-3(6)1-2-4(7)11-12-13(8,9)10/h1-2H2,(H2,5,6)(H,8,9,10). The highest BCUT2D eigenvalue weighted by Gasteiger charge is 2.12. The maximum absolute atomic E-state index is 10.5. The van der Waals surface area contributed by atoms with E-state index in [9.17, 15) is 18.0 Å². The number of carbonyl (C=O) groups excluding carboxylic acids is 2. The Balaban J connectivity index is 3.71. The molecule has 0 spiro atoms. The van der Waals surface area contributed by atoms with Gasteiger partial charge in [-0.25, -0.2) is 4.79 Å². The number of amides is 1. The van der Waals surface area contributed by atoms with Crippen molar-refractivity contribution in [2.24, 2.45) is 5.73 Å². The van der Waals surface area contributed by atoms with E-state index in [-0.39, 0.29) is 6.42 Å². The third kappa shape index (κ3) is 8.72. The quantitative estimate of drug-likeness (QED) is 0.323. The molecule has 0 saturated carbocycles. The Labute approximate surface area is 73.5 Å². The monoisotopic (exact) mass is 213 g/mol. The van der Waals surface area contributed by atoms with Crippen LogP contribution in [0.2, 0.25) is 0 Å². The van der Waals surface area contributed by atoms with Crippen LogP contribution in [0.3, 0.4) is 0 Å². The van der Waals surface area contributed by atoms with E-state index in [1.54, 1.807) is 0 Å². The highest BCUT2D eigenvalue weighted by molar-refractivity contribution is 7.80. The normalized spacial score (nSPS) is 10.8. The van der Waals surface area contributed by atoms with Gasteiger partial charge in [0.05, 0.1) is 6.42 Å². The van der Waals surface area contributed by atoms with Gasteiger partial charge in [-0.1, -0.05) is 0 Å². The molecular formula is C4H7NO7S. The highest BCUT2D eigenvalue weighted by atomic mass is 32.3. The lowest BCUT2D eigenvalue weighted by Crippen LogP contribution is -2.15. The molecule has 0 fully saturated rings. The predicted molar refractivity (Wildman–Crippen MR) is 37.2 cm³/mol. The first-order valence-corrected chi connectivity index (χ1v) is 4.32. The second kappa shape index (κ2) is 4.74. The van der Waals surface area contributed by atoms with E-state index in [1.807, 2.05) is 0 Å². The predicted octanol–water partition coefficient (Wildman–Crippen LogP) is -1.47. The maximum atomic E-state index is 10.5. The van der Waals surface area contributed by atoms with Crippen LogP contribution in [-0.2, 0) is 29.2 Å². The molecule has 0 bridgehead atoms. The summed E-state index contributed by atoms with van der Waals surface area (Å²) >= 11 is 0. The summed E-state index contributed by atoms with van der Waals surface area (Å²) in [5.74, 6) is -1.87. The maximum Gasteiger partial charge on any atom is 0.432 e. The van der Waals surface area contributed by atoms with Crippen LogP contribution < -0.4 is 5.73 Å². The smallest absolute Gasteiger partial charge is 0.370 e. The molecule has 0 aliphatic rings. The average molecular weight is 213 g/mol. The first kappa shape index (κ1) is 11.8.